The second kappa shape index (κ2) is 10.6. The number of benzene rings is 3. The highest BCUT2D eigenvalue weighted by Gasteiger charge is 2.24. The van der Waals surface area contributed by atoms with Gasteiger partial charge in [-0.05, 0) is 41.7 Å². The van der Waals surface area contributed by atoms with Crippen LogP contribution in [0.4, 0.5) is 0 Å². The van der Waals surface area contributed by atoms with Crippen molar-refractivity contribution < 1.29 is 9.53 Å². The van der Waals surface area contributed by atoms with E-state index >= 15 is 0 Å². The van der Waals surface area contributed by atoms with Gasteiger partial charge in [0.05, 0.1) is 7.11 Å². The SMILES string of the molecule is COc1cccc([C@@H]2CCc3nc(C(=O)NCCC(c4ccccc4)c4ccccc4)cn3C2)c1. The van der Waals surface area contributed by atoms with E-state index in [4.69, 9.17) is 4.74 Å². The minimum Gasteiger partial charge on any atom is -0.497 e. The van der Waals surface area contributed by atoms with Crippen LogP contribution in [0.15, 0.2) is 91.1 Å². The number of nitrogens with zero attached hydrogens (tertiary/aromatic N) is 2. The van der Waals surface area contributed by atoms with Crippen LogP contribution < -0.4 is 10.1 Å². The average Bonchev–Trinajstić information content (AvgIpc) is 3.36. The number of hydrogen-bond acceptors (Lipinski definition) is 3. The normalized spacial score (nSPS) is 15.0. The van der Waals surface area contributed by atoms with Crippen LogP contribution in [0, 0.1) is 0 Å². The minimum atomic E-state index is -0.107. The molecule has 1 aliphatic heterocycles. The van der Waals surface area contributed by atoms with Gasteiger partial charge in [-0.1, -0.05) is 72.8 Å². The maximum atomic E-state index is 12.9. The van der Waals surface area contributed by atoms with E-state index in [0.29, 0.717) is 18.2 Å². The van der Waals surface area contributed by atoms with Gasteiger partial charge < -0.3 is 14.6 Å². The van der Waals surface area contributed by atoms with Crippen molar-refractivity contribution in [3.05, 3.63) is 119 Å². The topological polar surface area (TPSA) is 56.1 Å². The van der Waals surface area contributed by atoms with Gasteiger partial charge in [0.2, 0.25) is 0 Å². The van der Waals surface area contributed by atoms with Crippen LogP contribution in [0.25, 0.3) is 0 Å². The van der Waals surface area contributed by atoms with Crippen molar-refractivity contribution in [3.63, 3.8) is 0 Å². The molecule has 1 amide bonds. The van der Waals surface area contributed by atoms with E-state index in [-0.39, 0.29) is 11.8 Å². The Bertz CT molecular complexity index is 1230. The lowest BCUT2D eigenvalue weighted by atomic mass is 9.88. The minimum absolute atomic E-state index is 0.107. The van der Waals surface area contributed by atoms with Crippen LogP contribution in [-0.4, -0.2) is 29.1 Å². The fourth-order valence-corrected chi connectivity index (χ4v) is 5.04. The second-order valence-electron chi connectivity index (χ2n) is 9.13. The molecule has 0 fully saturated rings. The summed E-state index contributed by atoms with van der Waals surface area (Å²) in [6.45, 7) is 1.41. The Labute approximate surface area is 206 Å². The number of aryl methyl sites for hydroxylation is 1. The molecule has 1 atom stereocenters. The predicted molar refractivity (Wildman–Crippen MR) is 138 cm³/mol. The largest absolute Gasteiger partial charge is 0.497 e. The Hall–Kier alpha value is -3.86. The molecule has 1 aromatic heterocycles. The first-order chi connectivity index (χ1) is 17.2. The first kappa shape index (κ1) is 22.9. The molecule has 0 saturated heterocycles. The molecule has 3 aromatic carbocycles. The van der Waals surface area contributed by atoms with Crippen LogP contribution in [0.1, 0.15) is 57.7 Å². The van der Waals surface area contributed by atoms with Gasteiger partial charge >= 0.3 is 0 Å². The summed E-state index contributed by atoms with van der Waals surface area (Å²) in [6.07, 6.45) is 4.61. The van der Waals surface area contributed by atoms with Crippen molar-refractivity contribution >= 4 is 5.91 Å². The number of fused-ring (bicyclic) bond motifs is 1. The van der Waals surface area contributed by atoms with Crippen LogP contribution in [-0.2, 0) is 13.0 Å². The molecule has 4 aromatic rings. The third-order valence-corrected chi connectivity index (χ3v) is 6.91. The molecule has 0 bridgehead atoms. The molecule has 0 spiro atoms. The van der Waals surface area contributed by atoms with Crippen molar-refractivity contribution in [2.45, 2.75) is 37.6 Å². The third-order valence-electron chi connectivity index (χ3n) is 6.91. The lowest BCUT2D eigenvalue weighted by Crippen LogP contribution is -2.26. The zero-order valence-corrected chi connectivity index (χ0v) is 20.1. The molecule has 0 unspecified atom stereocenters. The average molecular weight is 466 g/mol. The number of aromatic nitrogens is 2. The van der Waals surface area contributed by atoms with Gasteiger partial charge in [0.1, 0.15) is 17.3 Å². The van der Waals surface area contributed by atoms with Crippen molar-refractivity contribution in [2.75, 3.05) is 13.7 Å². The highest BCUT2D eigenvalue weighted by atomic mass is 16.5. The van der Waals surface area contributed by atoms with Gasteiger partial charge in [-0.15, -0.1) is 0 Å². The first-order valence-electron chi connectivity index (χ1n) is 12.3. The molecule has 1 aliphatic rings. The Morgan fingerprint density at radius 1 is 1.03 bits per heavy atom. The maximum Gasteiger partial charge on any atom is 0.271 e. The second-order valence-corrected chi connectivity index (χ2v) is 9.13. The molecule has 0 saturated carbocycles. The van der Waals surface area contributed by atoms with E-state index in [0.717, 1.165) is 37.4 Å². The monoisotopic (exact) mass is 465 g/mol. The summed E-state index contributed by atoms with van der Waals surface area (Å²) in [5, 5.41) is 3.10. The highest BCUT2D eigenvalue weighted by molar-refractivity contribution is 5.92. The first-order valence-corrected chi connectivity index (χ1v) is 12.3. The molecule has 5 heteroatoms. The van der Waals surface area contributed by atoms with Crippen molar-refractivity contribution in [1.29, 1.82) is 0 Å². The van der Waals surface area contributed by atoms with Crippen molar-refractivity contribution in [2.24, 2.45) is 0 Å². The zero-order chi connectivity index (χ0) is 24.0. The van der Waals surface area contributed by atoms with Gasteiger partial charge in [-0.25, -0.2) is 4.98 Å². The Morgan fingerprint density at radius 3 is 2.43 bits per heavy atom. The van der Waals surface area contributed by atoms with Crippen LogP contribution in [0.2, 0.25) is 0 Å². The number of methoxy groups -OCH3 is 1. The molecule has 35 heavy (non-hydrogen) atoms. The summed E-state index contributed by atoms with van der Waals surface area (Å²) in [7, 11) is 1.70. The third kappa shape index (κ3) is 5.29. The molecule has 178 valence electrons. The van der Waals surface area contributed by atoms with Gasteiger partial charge in [0.25, 0.3) is 5.91 Å². The standard InChI is InChI=1S/C30H31N3O2/c1-35-26-14-8-13-24(19-26)25-15-16-29-32-28(21-33(29)20-25)30(34)31-18-17-27(22-9-4-2-5-10-22)23-11-6-3-7-12-23/h2-14,19,21,25,27H,15-18,20H2,1H3,(H,31,34)/t25-/m1/s1. The number of amides is 1. The van der Waals surface area contributed by atoms with Crippen molar-refractivity contribution in [3.8, 4) is 5.75 Å². The quantitative estimate of drug-likeness (QED) is 0.370. The number of rotatable bonds is 8. The van der Waals surface area contributed by atoms with E-state index in [1.165, 1.54) is 16.7 Å². The molecule has 0 radical (unpaired) electrons. The van der Waals surface area contributed by atoms with E-state index in [2.05, 4.69) is 75.5 Å². The highest BCUT2D eigenvalue weighted by Crippen LogP contribution is 2.31. The van der Waals surface area contributed by atoms with Crippen LogP contribution in [0.3, 0.4) is 0 Å². The van der Waals surface area contributed by atoms with E-state index < -0.39 is 0 Å². The number of nitrogens with one attached hydrogen (secondary N) is 1. The molecular formula is C30H31N3O2. The summed E-state index contributed by atoms with van der Waals surface area (Å²) in [6, 6.07) is 29.2. The smallest absolute Gasteiger partial charge is 0.271 e. The van der Waals surface area contributed by atoms with Crippen molar-refractivity contribution in [1.82, 2.24) is 14.9 Å². The number of carbonyl (C=O) groups excluding carboxylic acids is 1. The maximum absolute atomic E-state index is 12.9. The fourth-order valence-electron chi connectivity index (χ4n) is 5.04. The fraction of sp³-hybridized carbons (Fsp3) is 0.267. The summed E-state index contributed by atoms with van der Waals surface area (Å²) < 4.78 is 7.53. The molecule has 2 heterocycles. The molecule has 0 aliphatic carbocycles. The molecule has 5 nitrogen and oxygen atoms in total. The number of carbonyl (C=O) groups is 1. The number of imidazole rings is 1. The summed E-state index contributed by atoms with van der Waals surface area (Å²) >= 11 is 0. The zero-order valence-electron chi connectivity index (χ0n) is 20.1. The Balaban J connectivity index is 1.23. The van der Waals surface area contributed by atoms with E-state index in [1.54, 1.807) is 7.11 Å². The summed E-state index contributed by atoms with van der Waals surface area (Å²) in [5.41, 5.74) is 4.29. The number of hydrogen-bond donors (Lipinski definition) is 1. The Kier molecular flexibility index (Phi) is 6.94. The van der Waals surface area contributed by atoms with E-state index in [1.807, 2.05) is 30.5 Å². The molecule has 1 N–H and O–H groups in total. The molecular weight excluding hydrogens is 434 g/mol. The van der Waals surface area contributed by atoms with Gasteiger partial charge in [-0.2, -0.15) is 0 Å². The van der Waals surface area contributed by atoms with Gasteiger partial charge in [0, 0.05) is 37.5 Å². The Morgan fingerprint density at radius 2 is 1.74 bits per heavy atom. The lowest BCUT2D eigenvalue weighted by molar-refractivity contribution is 0.0948. The van der Waals surface area contributed by atoms with E-state index in [9.17, 15) is 4.79 Å². The van der Waals surface area contributed by atoms with Crippen LogP contribution in [0.5, 0.6) is 5.75 Å². The lowest BCUT2D eigenvalue weighted by Gasteiger charge is -2.24. The van der Waals surface area contributed by atoms with Gasteiger partial charge in [0.15, 0.2) is 0 Å². The summed E-state index contributed by atoms with van der Waals surface area (Å²) in [5.74, 6) is 2.38. The number of ether oxygens (including phenoxy) is 1. The predicted octanol–water partition coefficient (Wildman–Crippen LogP) is 5.57. The molecule has 5 rings (SSSR count). The van der Waals surface area contributed by atoms with Crippen LogP contribution >= 0.6 is 0 Å². The summed E-state index contributed by atoms with van der Waals surface area (Å²) in [4.78, 5) is 17.6. The van der Waals surface area contributed by atoms with Gasteiger partial charge in [-0.3, -0.25) is 4.79 Å².